The molecule has 0 radical (unpaired) electrons. The van der Waals surface area contributed by atoms with Gasteiger partial charge in [-0.2, -0.15) is 0 Å². The van der Waals surface area contributed by atoms with Gasteiger partial charge in [0.05, 0.1) is 0 Å². The highest BCUT2D eigenvalue weighted by molar-refractivity contribution is 5.95. The van der Waals surface area contributed by atoms with E-state index < -0.39 is 6.85 Å². The van der Waals surface area contributed by atoms with Gasteiger partial charge < -0.3 is 5.32 Å². The minimum Gasteiger partial charge on any atom is -0.352 e. The molecule has 0 aliphatic heterocycles. The second-order valence-corrected chi connectivity index (χ2v) is 3.42. The number of carbonyl (C=O) groups excluding carboxylic acids is 1. The van der Waals surface area contributed by atoms with Gasteiger partial charge in [0, 0.05) is 16.2 Å². The molecule has 1 N–H and O–H groups in total. The van der Waals surface area contributed by atoms with E-state index in [2.05, 4.69) is 5.32 Å². The topological polar surface area (TPSA) is 29.1 Å². The number of nitrogens with one attached hydrogen (secondary N) is 1. The summed E-state index contributed by atoms with van der Waals surface area (Å²) in [4.78, 5) is 11.9. The lowest BCUT2D eigenvalue weighted by atomic mass is 9.97. The van der Waals surface area contributed by atoms with E-state index >= 15 is 0 Å². The number of carbonyl (C=O) groups is 1. The Bertz CT molecular complexity index is 399. The molecule has 1 rings (SSSR count). The Morgan fingerprint density at radius 1 is 1.50 bits per heavy atom. The third-order valence-corrected chi connectivity index (χ3v) is 2.08. The number of hydrogen-bond donors (Lipinski definition) is 1. The predicted molar refractivity (Wildman–Crippen MR) is 58.5 cm³/mol. The fourth-order valence-corrected chi connectivity index (χ4v) is 1.38. The lowest BCUT2D eigenvalue weighted by molar-refractivity contribution is 0.0954. The minimum atomic E-state index is -2.14. The van der Waals surface area contributed by atoms with E-state index in [1.54, 1.807) is 12.1 Å². The van der Waals surface area contributed by atoms with E-state index in [4.69, 9.17) is 4.11 Å². The monoisotopic (exact) mass is 194 g/mol. The Hall–Kier alpha value is -1.31. The SMILES string of the molecule is [2H]C([2H])([2H])CNC(=O)c1ccccc1C(C)C. The zero-order chi connectivity index (χ0) is 13.1. The van der Waals surface area contributed by atoms with Crippen LogP contribution in [0.5, 0.6) is 0 Å². The van der Waals surface area contributed by atoms with Crippen molar-refractivity contribution in [2.75, 3.05) is 6.54 Å². The van der Waals surface area contributed by atoms with E-state index in [9.17, 15) is 4.79 Å². The van der Waals surface area contributed by atoms with Crippen molar-refractivity contribution in [2.45, 2.75) is 26.6 Å². The van der Waals surface area contributed by atoms with Gasteiger partial charge in [-0.3, -0.25) is 4.79 Å². The van der Waals surface area contributed by atoms with Gasteiger partial charge in [-0.15, -0.1) is 0 Å². The summed E-state index contributed by atoms with van der Waals surface area (Å²) in [5.41, 5.74) is 1.47. The number of hydrogen-bond acceptors (Lipinski definition) is 1. The molecule has 0 atom stereocenters. The van der Waals surface area contributed by atoms with Crippen molar-refractivity contribution in [3.05, 3.63) is 35.4 Å². The summed E-state index contributed by atoms with van der Waals surface area (Å²) in [5.74, 6) is -0.102. The van der Waals surface area contributed by atoms with Crippen molar-refractivity contribution in [1.29, 1.82) is 0 Å². The maximum absolute atomic E-state index is 11.9. The molecule has 2 heteroatoms. The van der Waals surface area contributed by atoms with Gasteiger partial charge in [-0.1, -0.05) is 32.0 Å². The van der Waals surface area contributed by atoms with Gasteiger partial charge in [0.2, 0.25) is 0 Å². The van der Waals surface area contributed by atoms with Crippen molar-refractivity contribution in [2.24, 2.45) is 0 Å². The highest BCUT2D eigenvalue weighted by Gasteiger charge is 2.11. The number of rotatable bonds is 3. The van der Waals surface area contributed by atoms with E-state index in [0.717, 1.165) is 5.56 Å². The molecule has 2 nitrogen and oxygen atoms in total. The average molecular weight is 194 g/mol. The molecule has 0 spiro atoms. The largest absolute Gasteiger partial charge is 0.352 e. The Morgan fingerprint density at radius 2 is 2.21 bits per heavy atom. The van der Waals surface area contributed by atoms with Crippen LogP contribution in [0.2, 0.25) is 0 Å². The summed E-state index contributed by atoms with van der Waals surface area (Å²) in [7, 11) is 0. The first-order chi connectivity index (χ1) is 7.81. The summed E-state index contributed by atoms with van der Waals surface area (Å²) in [6.07, 6.45) is 0. The lowest BCUT2D eigenvalue weighted by Crippen LogP contribution is -2.24. The fourth-order valence-electron chi connectivity index (χ4n) is 1.38. The highest BCUT2D eigenvalue weighted by atomic mass is 16.1. The van der Waals surface area contributed by atoms with Crippen LogP contribution in [0.1, 0.15) is 46.7 Å². The van der Waals surface area contributed by atoms with E-state index in [1.807, 2.05) is 26.0 Å². The summed E-state index contributed by atoms with van der Waals surface area (Å²) in [6, 6.07) is 7.24. The molecule has 0 saturated carbocycles. The molecule has 0 aliphatic carbocycles. The molecule has 0 aromatic heterocycles. The van der Waals surface area contributed by atoms with Crippen LogP contribution < -0.4 is 5.32 Å². The second-order valence-electron chi connectivity index (χ2n) is 3.42. The lowest BCUT2D eigenvalue weighted by Gasteiger charge is -2.11. The van der Waals surface area contributed by atoms with Gasteiger partial charge >= 0.3 is 0 Å². The van der Waals surface area contributed by atoms with Gasteiger partial charge in [0.1, 0.15) is 0 Å². The minimum absolute atomic E-state index is 0.227. The summed E-state index contributed by atoms with van der Waals surface area (Å²) < 4.78 is 21.1. The summed E-state index contributed by atoms with van der Waals surface area (Å²) >= 11 is 0. The zero-order valence-electron chi connectivity index (χ0n) is 11.5. The highest BCUT2D eigenvalue weighted by Crippen LogP contribution is 2.18. The number of benzene rings is 1. The van der Waals surface area contributed by atoms with E-state index in [1.165, 1.54) is 0 Å². The van der Waals surface area contributed by atoms with Crippen LogP contribution in [-0.2, 0) is 0 Å². The van der Waals surface area contributed by atoms with Crippen molar-refractivity contribution in [3.8, 4) is 0 Å². The van der Waals surface area contributed by atoms with Crippen molar-refractivity contribution in [3.63, 3.8) is 0 Å². The normalized spacial score (nSPS) is 14.4. The van der Waals surface area contributed by atoms with E-state index in [0.29, 0.717) is 5.56 Å². The Labute approximate surface area is 89.5 Å². The van der Waals surface area contributed by atoms with Gasteiger partial charge in [-0.05, 0) is 24.4 Å². The van der Waals surface area contributed by atoms with Gasteiger partial charge in [-0.25, -0.2) is 0 Å². The smallest absolute Gasteiger partial charge is 0.251 e. The molecule has 0 bridgehead atoms. The van der Waals surface area contributed by atoms with Crippen LogP contribution in [-0.4, -0.2) is 12.5 Å². The quantitative estimate of drug-likeness (QED) is 0.787. The van der Waals surface area contributed by atoms with Crippen LogP contribution in [0.4, 0.5) is 0 Å². The summed E-state index contributed by atoms with van der Waals surface area (Å²) in [5, 5.41) is 2.43. The maximum atomic E-state index is 11.9. The molecule has 76 valence electrons. The predicted octanol–water partition coefficient (Wildman–Crippen LogP) is 2.56. The molecule has 1 amide bonds. The second kappa shape index (κ2) is 4.80. The Kier molecular flexibility index (Phi) is 2.41. The Morgan fingerprint density at radius 3 is 2.86 bits per heavy atom. The summed E-state index contributed by atoms with van der Waals surface area (Å²) in [6.45, 7) is 1.55. The number of amides is 1. The van der Waals surface area contributed by atoms with Crippen LogP contribution in [0.15, 0.2) is 24.3 Å². The average Bonchev–Trinajstić information content (AvgIpc) is 2.25. The van der Waals surface area contributed by atoms with Crippen LogP contribution in [0.3, 0.4) is 0 Å². The third-order valence-electron chi connectivity index (χ3n) is 2.08. The van der Waals surface area contributed by atoms with Crippen molar-refractivity contribution < 1.29 is 8.91 Å². The molecular formula is C12H17NO. The van der Waals surface area contributed by atoms with Gasteiger partial charge in [0.15, 0.2) is 0 Å². The van der Waals surface area contributed by atoms with Crippen molar-refractivity contribution in [1.82, 2.24) is 5.32 Å². The maximum Gasteiger partial charge on any atom is 0.251 e. The molecule has 0 unspecified atom stereocenters. The fraction of sp³-hybridized carbons (Fsp3) is 0.417. The zero-order valence-corrected chi connectivity index (χ0v) is 8.50. The van der Waals surface area contributed by atoms with Crippen LogP contribution in [0.25, 0.3) is 0 Å². The molecule has 0 heterocycles. The standard InChI is InChI=1S/C12H17NO/c1-4-13-12(14)11-8-6-5-7-10(11)9(2)3/h5-9H,4H2,1-3H3,(H,13,14)/i1D3. The van der Waals surface area contributed by atoms with E-state index in [-0.39, 0.29) is 18.4 Å². The molecule has 0 aliphatic rings. The van der Waals surface area contributed by atoms with Gasteiger partial charge in [0.25, 0.3) is 5.91 Å². The van der Waals surface area contributed by atoms with Crippen LogP contribution >= 0.6 is 0 Å². The first-order valence-corrected chi connectivity index (χ1v) is 4.68. The molecule has 1 aromatic carbocycles. The first-order valence-electron chi connectivity index (χ1n) is 6.18. The Balaban J connectivity index is 2.82. The molecule has 0 saturated heterocycles. The first kappa shape index (κ1) is 7.04. The molecular weight excluding hydrogens is 174 g/mol. The van der Waals surface area contributed by atoms with Crippen molar-refractivity contribution >= 4 is 5.91 Å². The van der Waals surface area contributed by atoms with Crippen LogP contribution in [0, 0.1) is 0 Å². The molecule has 1 aromatic rings. The molecule has 0 fully saturated rings. The third kappa shape index (κ3) is 2.34. The molecule has 14 heavy (non-hydrogen) atoms.